The van der Waals surface area contributed by atoms with E-state index < -0.39 is 5.60 Å². The lowest BCUT2D eigenvalue weighted by molar-refractivity contribution is -0.0284. The van der Waals surface area contributed by atoms with Gasteiger partial charge in [0.1, 0.15) is 0 Å². The molecule has 2 fully saturated rings. The first-order valence-corrected chi connectivity index (χ1v) is 5.44. The molecule has 2 rings (SSSR count). The lowest BCUT2D eigenvalue weighted by Gasteiger charge is -2.39. The zero-order chi connectivity index (χ0) is 10.2. The Hall–Kier alpha value is -0.160. The van der Waals surface area contributed by atoms with Gasteiger partial charge in [0, 0.05) is 32.2 Å². The van der Waals surface area contributed by atoms with Crippen molar-refractivity contribution in [3.8, 4) is 0 Å². The summed E-state index contributed by atoms with van der Waals surface area (Å²) < 4.78 is 0. The first-order chi connectivity index (χ1) is 6.58. The first-order valence-electron chi connectivity index (χ1n) is 5.44. The van der Waals surface area contributed by atoms with E-state index in [0.717, 1.165) is 32.5 Å². The fraction of sp³-hybridized carbons (Fsp3) is 1.00. The van der Waals surface area contributed by atoms with Crippen LogP contribution in [0.5, 0.6) is 0 Å². The third-order valence-corrected chi connectivity index (χ3v) is 3.50. The average Bonchev–Trinajstić information content (AvgIpc) is 2.52. The number of likely N-dealkylation sites (tertiary alicyclic amines) is 1. The second-order valence-corrected chi connectivity index (χ2v) is 4.83. The van der Waals surface area contributed by atoms with E-state index in [1.807, 2.05) is 6.92 Å². The molecule has 0 spiro atoms. The molecule has 0 radical (unpaired) electrons. The van der Waals surface area contributed by atoms with Crippen molar-refractivity contribution in [2.75, 3.05) is 26.2 Å². The van der Waals surface area contributed by atoms with E-state index in [9.17, 15) is 10.2 Å². The zero-order valence-corrected chi connectivity index (χ0v) is 8.74. The van der Waals surface area contributed by atoms with Gasteiger partial charge in [-0.05, 0) is 19.8 Å². The molecule has 0 bridgehead atoms. The maximum absolute atomic E-state index is 9.80. The highest BCUT2D eigenvalue weighted by atomic mass is 16.3. The number of piperidine rings is 1. The number of aliphatic hydroxyl groups excluding tert-OH is 1. The van der Waals surface area contributed by atoms with Crippen molar-refractivity contribution in [2.45, 2.75) is 37.5 Å². The smallest absolute Gasteiger partial charge is 0.0831 e. The summed E-state index contributed by atoms with van der Waals surface area (Å²) in [5, 5.41) is 22.7. The molecule has 0 aliphatic carbocycles. The van der Waals surface area contributed by atoms with Gasteiger partial charge in [0.05, 0.1) is 11.7 Å². The Morgan fingerprint density at radius 2 is 1.93 bits per heavy atom. The van der Waals surface area contributed by atoms with Crippen LogP contribution >= 0.6 is 0 Å². The second-order valence-electron chi connectivity index (χ2n) is 4.83. The molecule has 2 saturated heterocycles. The Balaban J connectivity index is 1.89. The lowest BCUT2D eigenvalue weighted by atomic mass is 9.92. The Morgan fingerprint density at radius 3 is 2.43 bits per heavy atom. The fourth-order valence-electron chi connectivity index (χ4n) is 2.36. The van der Waals surface area contributed by atoms with Crippen LogP contribution in [0.2, 0.25) is 0 Å². The molecule has 4 nitrogen and oxygen atoms in total. The minimum atomic E-state index is -0.493. The van der Waals surface area contributed by atoms with Gasteiger partial charge in [0.25, 0.3) is 0 Å². The van der Waals surface area contributed by atoms with Gasteiger partial charge in [-0.25, -0.2) is 0 Å². The summed E-state index contributed by atoms with van der Waals surface area (Å²) in [5.41, 5.74) is -0.493. The zero-order valence-electron chi connectivity index (χ0n) is 8.74. The molecule has 14 heavy (non-hydrogen) atoms. The van der Waals surface area contributed by atoms with Crippen molar-refractivity contribution in [1.82, 2.24) is 10.2 Å². The number of hydrogen-bond donors (Lipinski definition) is 3. The van der Waals surface area contributed by atoms with E-state index in [0.29, 0.717) is 6.54 Å². The van der Waals surface area contributed by atoms with Crippen molar-refractivity contribution in [3.05, 3.63) is 0 Å². The highest BCUT2D eigenvalue weighted by Crippen LogP contribution is 2.24. The summed E-state index contributed by atoms with van der Waals surface area (Å²) in [6.45, 7) is 5.28. The van der Waals surface area contributed by atoms with Crippen LogP contribution in [-0.2, 0) is 0 Å². The molecule has 0 unspecified atom stereocenters. The Kier molecular flexibility index (Phi) is 2.79. The summed E-state index contributed by atoms with van der Waals surface area (Å²) in [6, 6.07) is 0.256. The molecule has 3 N–H and O–H groups in total. The molecule has 2 heterocycles. The molecule has 2 atom stereocenters. The molecule has 4 heteroatoms. The van der Waals surface area contributed by atoms with Crippen molar-refractivity contribution < 1.29 is 10.2 Å². The van der Waals surface area contributed by atoms with Gasteiger partial charge in [0.2, 0.25) is 0 Å². The van der Waals surface area contributed by atoms with Crippen LogP contribution in [-0.4, -0.2) is 59.0 Å². The van der Waals surface area contributed by atoms with Crippen molar-refractivity contribution >= 4 is 0 Å². The van der Waals surface area contributed by atoms with Gasteiger partial charge in [-0.1, -0.05) is 0 Å². The summed E-state index contributed by atoms with van der Waals surface area (Å²) >= 11 is 0. The third kappa shape index (κ3) is 2.08. The molecule has 0 aromatic heterocycles. The largest absolute Gasteiger partial charge is 0.390 e. The first kappa shape index (κ1) is 10.4. The van der Waals surface area contributed by atoms with Crippen LogP contribution in [0.3, 0.4) is 0 Å². The van der Waals surface area contributed by atoms with E-state index in [2.05, 4.69) is 10.2 Å². The molecule has 2 aliphatic rings. The molecular formula is C10H20N2O2. The lowest BCUT2D eigenvalue weighted by Crippen LogP contribution is -2.50. The van der Waals surface area contributed by atoms with E-state index in [-0.39, 0.29) is 12.1 Å². The number of nitrogens with zero attached hydrogens (tertiary/aromatic N) is 1. The van der Waals surface area contributed by atoms with Crippen molar-refractivity contribution in [2.24, 2.45) is 0 Å². The molecule has 0 aromatic rings. The number of β-amino-alcohol motifs (C(OH)–C–C–N with tert-alkyl or cyclic N) is 1. The molecule has 0 amide bonds. The Labute approximate surface area is 84.9 Å². The van der Waals surface area contributed by atoms with Gasteiger partial charge >= 0.3 is 0 Å². The predicted molar refractivity (Wildman–Crippen MR) is 54.1 cm³/mol. The van der Waals surface area contributed by atoms with Gasteiger partial charge in [-0.15, -0.1) is 0 Å². The van der Waals surface area contributed by atoms with E-state index in [1.165, 1.54) is 0 Å². The molecule has 82 valence electrons. The number of nitrogens with one attached hydrogen (secondary N) is 1. The topological polar surface area (TPSA) is 55.7 Å². The summed E-state index contributed by atoms with van der Waals surface area (Å²) in [6.07, 6.45) is 1.39. The van der Waals surface area contributed by atoms with Crippen molar-refractivity contribution in [3.63, 3.8) is 0 Å². The number of aliphatic hydroxyl groups is 2. The predicted octanol–water partition coefficient (Wildman–Crippen LogP) is -0.834. The minimum absolute atomic E-state index is 0.238. The van der Waals surface area contributed by atoms with Crippen LogP contribution in [0.25, 0.3) is 0 Å². The van der Waals surface area contributed by atoms with E-state index >= 15 is 0 Å². The average molecular weight is 200 g/mol. The maximum atomic E-state index is 9.80. The normalized spacial score (nSPS) is 38.8. The minimum Gasteiger partial charge on any atom is -0.390 e. The summed E-state index contributed by atoms with van der Waals surface area (Å²) in [4.78, 5) is 2.29. The number of rotatable bonds is 1. The molecule has 2 aliphatic heterocycles. The standard InChI is InChI=1S/C10H20N2O2/c1-10(14)2-4-12(5-3-10)8-6-11-7-9(8)13/h8-9,11,13-14H,2-7H2,1H3/t8-,9-/m1/s1. The Bertz CT molecular complexity index is 198. The van der Waals surface area contributed by atoms with E-state index in [4.69, 9.17) is 0 Å². The molecule has 0 aromatic carbocycles. The van der Waals surface area contributed by atoms with Gasteiger partial charge in [-0.2, -0.15) is 0 Å². The monoisotopic (exact) mass is 200 g/mol. The van der Waals surface area contributed by atoms with Gasteiger partial charge < -0.3 is 15.5 Å². The summed E-state index contributed by atoms with van der Waals surface area (Å²) in [7, 11) is 0. The van der Waals surface area contributed by atoms with Crippen molar-refractivity contribution in [1.29, 1.82) is 0 Å². The summed E-state index contributed by atoms with van der Waals surface area (Å²) in [5.74, 6) is 0. The molecular weight excluding hydrogens is 180 g/mol. The van der Waals surface area contributed by atoms with Crippen LogP contribution in [0.15, 0.2) is 0 Å². The highest BCUT2D eigenvalue weighted by Gasteiger charge is 2.35. The quantitative estimate of drug-likeness (QED) is 0.517. The SMILES string of the molecule is CC1(O)CCN([C@@H]2CNC[C@H]2O)CC1. The van der Waals surface area contributed by atoms with E-state index in [1.54, 1.807) is 0 Å². The van der Waals surface area contributed by atoms with Crippen LogP contribution in [0, 0.1) is 0 Å². The molecule has 0 saturated carbocycles. The Morgan fingerprint density at radius 1 is 1.29 bits per heavy atom. The van der Waals surface area contributed by atoms with Crippen LogP contribution in [0.1, 0.15) is 19.8 Å². The van der Waals surface area contributed by atoms with Crippen LogP contribution < -0.4 is 5.32 Å². The maximum Gasteiger partial charge on any atom is 0.0831 e. The van der Waals surface area contributed by atoms with Gasteiger partial charge in [0.15, 0.2) is 0 Å². The van der Waals surface area contributed by atoms with Crippen LogP contribution in [0.4, 0.5) is 0 Å². The number of hydrogen-bond acceptors (Lipinski definition) is 4. The second kappa shape index (κ2) is 3.77. The highest BCUT2D eigenvalue weighted by molar-refractivity contribution is 4.92. The third-order valence-electron chi connectivity index (χ3n) is 3.50. The fourth-order valence-corrected chi connectivity index (χ4v) is 2.36. The van der Waals surface area contributed by atoms with Gasteiger partial charge in [-0.3, -0.25) is 4.90 Å².